The van der Waals surface area contributed by atoms with Gasteiger partial charge in [-0.15, -0.1) is 0 Å². The topological polar surface area (TPSA) is 51.0 Å². The van der Waals surface area contributed by atoms with Gasteiger partial charge in [-0.1, -0.05) is 30.8 Å². The molecule has 0 spiro atoms. The van der Waals surface area contributed by atoms with Gasteiger partial charge in [0.25, 0.3) is 0 Å². The van der Waals surface area contributed by atoms with Crippen molar-refractivity contribution in [2.45, 2.75) is 68.6 Å². The van der Waals surface area contributed by atoms with Crippen molar-refractivity contribution in [2.24, 2.45) is 0 Å². The van der Waals surface area contributed by atoms with Crippen molar-refractivity contribution < 1.29 is 4.52 Å². The molecule has 112 valence electrons. The highest BCUT2D eigenvalue weighted by atomic mass is 32.2. The van der Waals surface area contributed by atoms with E-state index in [2.05, 4.69) is 22.5 Å². The summed E-state index contributed by atoms with van der Waals surface area (Å²) in [5.41, 5.74) is 0.182. The second-order valence-corrected chi connectivity index (χ2v) is 7.48. The largest absolute Gasteiger partial charge is 0.339 e. The number of hydrogen-bond acceptors (Lipinski definition) is 5. The molecule has 0 radical (unpaired) electrons. The van der Waals surface area contributed by atoms with Gasteiger partial charge in [0.1, 0.15) is 0 Å². The van der Waals surface area contributed by atoms with Gasteiger partial charge in [0.2, 0.25) is 5.89 Å². The van der Waals surface area contributed by atoms with Crippen LogP contribution in [0.1, 0.15) is 68.3 Å². The van der Waals surface area contributed by atoms with Gasteiger partial charge >= 0.3 is 0 Å². The van der Waals surface area contributed by atoms with E-state index in [-0.39, 0.29) is 5.54 Å². The summed E-state index contributed by atoms with van der Waals surface area (Å²) in [6, 6.07) is 0. The number of likely N-dealkylation sites (N-methyl/N-ethyl adjacent to an activating group) is 1. The van der Waals surface area contributed by atoms with Crippen LogP contribution in [0, 0.1) is 0 Å². The van der Waals surface area contributed by atoms with Crippen LogP contribution in [0.25, 0.3) is 0 Å². The minimum Gasteiger partial charge on any atom is -0.339 e. The first-order chi connectivity index (χ1) is 9.81. The smallest absolute Gasteiger partial charge is 0.228 e. The molecule has 5 heteroatoms. The molecule has 20 heavy (non-hydrogen) atoms. The van der Waals surface area contributed by atoms with Crippen molar-refractivity contribution in [1.82, 2.24) is 15.5 Å². The van der Waals surface area contributed by atoms with Crippen LogP contribution in [-0.4, -0.2) is 28.5 Å². The van der Waals surface area contributed by atoms with E-state index in [1.165, 1.54) is 57.1 Å². The number of aromatic nitrogens is 2. The lowest BCUT2D eigenvalue weighted by molar-refractivity contribution is 0.221. The summed E-state index contributed by atoms with van der Waals surface area (Å²) in [6.45, 7) is 0. The highest BCUT2D eigenvalue weighted by Crippen LogP contribution is 2.37. The molecule has 2 fully saturated rings. The monoisotopic (exact) mass is 295 g/mol. The molecule has 2 heterocycles. The summed E-state index contributed by atoms with van der Waals surface area (Å²) >= 11 is 1.98. The zero-order chi connectivity index (χ0) is 13.8. The Morgan fingerprint density at radius 1 is 1.25 bits per heavy atom. The van der Waals surface area contributed by atoms with Crippen LogP contribution >= 0.6 is 11.8 Å². The van der Waals surface area contributed by atoms with Gasteiger partial charge < -0.3 is 9.84 Å². The van der Waals surface area contributed by atoms with Gasteiger partial charge in [0.05, 0.1) is 5.25 Å². The van der Waals surface area contributed by atoms with E-state index in [0.29, 0.717) is 5.25 Å². The molecule has 1 aromatic heterocycles. The Morgan fingerprint density at radius 2 is 2.10 bits per heavy atom. The molecule has 1 aromatic rings. The van der Waals surface area contributed by atoms with Crippen molar-refractivity contribution in [3.63, 3.8) is 0 Å². The average molecular weight is 295 g/mol. The Kier molecular flexibility index (Phi) is 4.66. The molecule has 1 unspecified atom stereocenters. The third kappa shape index (κ3) is 3.19. The van der Waals surface area contributed by atoms with Crippen molar-refractivity contribution >= 4 is 11.8 Å². The van der Waals surface area contributed by atoms with Crippen LogP contribution in [0.5, 0.6) is 0 Å². The van der Waals surface area contributed by atoms with Crippen LogP contribution in [0.15, 0.2) is 4.52 Å². The number of nitrogens with zero attached hydrogens (tertiary/aromatic N) is 2. The maximum Gasteiger partial charge on any atom is 0.228 e. The molecule has 1 N–H and O–H groups in total. The SMILES string of the molecule is CNC1(Cc2nc(C3CCCCS3)no2)CCCCC1. The lowest BCUT2D eigenvalue weighted by Crippen LogP contribution is -2.46. The van der Waals surface area contributed by atoms with Gasteiger partial charge in [-0.2, -0.15) is 16.7 Å². The van der Waals surface area contributed by atoms with Crippen molar-refractivity contribution in [3.05, 3.63) is 11.7 Å². The molecule has 1 saturated carbocycles. The fraction of sp³-hybridized carbons (Fsp3) is 0.867. The van der Waals surface area contributed by atoms with Gasteiger partial charge in [-0.3, -0.25) is 0 Å². The summed E-state index contributed by atoms with van der Waals surface area (Å²) in [4.78, 5) is 4.68. The molecular weight excluding hydrogens is 270 g/mol. The molecular formula is C15H25N3OS. The van der Waals surface area contributed by atoms with Gasteiger partial charge in [-0.25, -0.2) is 0 Å². The molecule has 1 aliphatic heterocycles. The molecule has 3 rings (SSSR count). The van der Waals surface area contributed by atoms with Gasteiger partial charge in [-0.05, 0) is 38.5 Å². The summed E-state index contributed by atoms with van der Waals surface area (Å²) in [7, 11) is 2.07. The Morgan fingerprint density at radius 3 is 2.80 bits per heavy atom. The number of thioether (sulfide) groups is 1. The fourth-order valence-electron chi connectivity index (χ4n) is 3.45. The van der Waals surface area contributed by atoms with Crippen LogP contribution in [-0.2, 0) is 6.42 Å². The molecule has 1 atom stereocenters. The van der Waals surface area contributed by atoms with Crippen LogP contribution in [0.2, 0.25) is 0 Å². The first-order valence-electron chi connectivity index (χ1n) is 7.94. The predicted molar refractivity (Wildman–Crippen MR) is 81.9 cm³/mol. The average Bonchev–Trinajstić information content (AvgIpc) is 2.97. The highest BCUT2D eigenvalue weighted by Gasteiger charge is 2.33. The number of nitrogens with one attached hydrogen (secondary N) is 1. The molecule has 4 nitrogen and oxygen atoms in total. The summed E-state index contributed by atoms with van der Waals surface area (Å²) in [5.74, 6) is 2.98. The standard InChI is InChI=1S/C15H25N3OS/c1-16-15(8-4-2-5-9-15)11-13-17-14(18-19-13)12-7-3-6-10-20-12/h12,16H,2-11H2,1H3. The van der Waals surface area contributed by atoms with Crippen LogP contribution in [0.4, 0.5) is 0 Å². The van der Waals surface area contributed by atoms with E-state index in [4.69, 9.17) is 4.52 Å². The summed E-state index contributed by atoms with van der Waals surface area (Å²) in [6.07, 6.45) is 11.1. The zero-order valence-corrected chi connectivity index (χ0v) is 13.2. The quantitative estimate of drug-likeness (QED) is 0.921. The number of rotatable bonds is 4. The van der Waals surface area contributed by atoms with Crippen LogP contribution in [0.3, 0.4) is 0 Å². The maximum absolute atomic E-state index is 5.53. The lowest BCUT2D eigenvalue weighted by atomic mass is 9.79. The normalized spacial score (nSPS) is 26.6. The highest BCUT2D eigenvalue weighted by molar-refractivity contribution is 7.99. The fourth-order valence-corrected chi connectivity index (χ4v) is 4.68. The summed E-state index contributed by atoms with van der Waals surface area (Å²) < 4.78 is 5.53. The van der Waals surface area contributed by atoms with E-state index in [0.717, 1.165) is 18.1 Å². The maximum atomic E-state index is 5.53. The Balaban J connectivity index is 1.66. The third-order valence-electron chi connectivity index (χ3n) is 4.78. The molecule has 0 amide bonds. The van der Waals surface area contributed by atoms with Gasteiger partial charge in [0.15, 0.2) is 5.82 Å². The van der Waals surface area contributed by atoms with E-state index >= 15 is 0 Å². The second-order valence-electron chi connectivity index (χ2n) is 6.17. The molecule has 1 saturated heterocycles. The third-order valence-corrected chi connectivity index (χ3v) is 6.16. The van der Waals surface area contributed by atoms with Crippen molar-refractivity contribution in [1.29, 1.82) is 0 Å². The van der Waals surface area contributed by atoms with E-state index in [1.54, 1.807) is 0 Å². The second kappa shape index (κ2) is 6.48. The minimum absolute atomic E-state index is 0.182. The Labute approximate surface area is 125 Å². The van der Waals surface area contributed by atoms with Crippen molar-refractivity contribution in [2.75, 3.05) is 12.8 Å². The molecule has 1 aliphatic carbocycles. The Bertz CT molecular complexity index is 423. The first-order valence-corrected chi connectivity index (χ1v) is 8.99. The molecule has 0 bridgehead atoms. The van der Waals surface area contributed by atoms with E-state index in [1.807, 2.05) is 11.8 Å². The summed E-state index contributed by atoms with van der Waals surface area (Å²) in [5, 5.41) is 8.21. The molecule has 0 aromatic carbocycles. The van der Waals surface area contributed by atoms with Crippen molar-refractivity contribution in [3.8, 4) is 0 Å². The lowest BCUT2D eigenvalue weighted by Gasteiger charge is -2.36. The molecule has 2 aliphatic rings. The van der Waals surface area contributed by atoms with Gasteiger partial charge in [0, 0.05) is 12.0 Å². The number of hydrogen-bond donors (Lipinski definition) is 1. The Hall–Kier alpha value is -0.550. The predicted octanol–water partition coefficient (Wildman–Crippen LogP) is 3.49. The minimum atomic E-state index is 0.182. The first kappa shape index (κ1) is 14.4. The van der Waals surface area contributed by atoms with Crippen LogP contribution < -0.4 is 5.32 Å². The van der Waals surface area contributed by atoms with E-state index in [9.17, 15) is 0 Å². The van der Waals surface area contributed by atoms with E-state index < -0.39 is 0 Å². The zero-order valence-electron chi connectivity index (χ0n) is 12.4.